The molecule has 2 amide bonds. The normalized spacial score (nSPS) is 23.8. The monoisotopic (exact) mass is 199 g/mol. The number of nitrogens with zero attached hydrogens (tertiary/aromatic N) is 1. The van der Waals surface area contributed by atoms with Gasteiger partial charge in [-0.05, 0) is 13.8 Å². The Balaban J connectivity index is 2.42. The average Bonchev–Trinajstić information content (AvgIpc) is 2.45. The van der Waals surface area contributed by atoms with E-state index < -0.39 is 6.04 Å². The molecule has 0 spiro atoms. The second-order valence-electron chi connectivity index (χ2n) is 3.63. The molecule has 0 saturated carbocycles. The van der Waals surface area contributed by atoms with Crippen molar-refractivity contribution in [3.05, 3.63) is 0 Å². The first-order chi connectivity index (χ1) is 6.54. The Morgan fingerprint density at radius 1 is 1.79 bits per heavy atom. The number of carbonyl (C=O) groups is 2. The molecule has 0 bridgehead atoms. The minimum Gasteiger partial charge on any atom is -0.350 e. The zero-order valence-electron chi connectivity index (χ0n) is 8.62. The van der Waals surface area contributed by atoms with Crippen molar-refractivity contribution in [2.24, 2.45) is 5.73 Å². The molecule has 0 aliphatic carbocycles. The summed E-state index contributed by atoms with van der Waals surface area (Å²) < 4.78 is 0. The molecular formula is C9H17N3O2. The second-order valence-corrected chi connectivity index (χ2v) is 3.63. The number of carbonyl (C=O) groups excluding carboxylic acids is 2. The molecule has 3 N–H and O–H groups in total. The van der Waals surface area contributed by atoms with Crippen molar-refractivity contribution in [2.75, 3.05) is 13.1 Å². The molecule has 0 aromatic carbocycles. The standard InChI is InChI=1S/C9H17N3O2/c1-3-12-5-7(4-8(12)13)11-9(14)6(2)10/h6-7H,3-5,10H2,1-2H3,(H,11,14). The summed E-state index contributed by atoms with van der Waals surface area (Å²) in [5, 5.41) is 2.75. The number of rotatable bonds is 3. The van der Waals surface area contributed by atoms with Crippen LogP contribution in [0.4, 0.5) is 0 Å². The first kappa shape index (κ1) is 11.0. The zero-order chi connectivity index (χ0) is 10.7. The first-order valence-electron chi connectivity index (χ1n) is 4.88. The molecule has 5 heteroatoms. The lowest BCUT2D eigenvalue weighted by Crippen LogP contribution is -2.44. The van der Waals surface area contributed by atoms with E-state index in [1.165, 1.54) is 0 Å². The summed E-state index contributed by atoms with van der Waals surface area (Å²) in [6.45, 7) is 4.86. The molecule has 1 heterocycles. The van der Waals surface area contributed by atoms with E-state index in [1.807, 2.05) is 6.92 Å². The van der Waals surface area contributed by atoms with Crippen LogP contribution < -0.4 is 11.1 Å². The molecule has 0 radical (unpaired) electrons. The number of likely N-dealkylation sites (tertiary alicyclic amines) is 1. The topological polar surface area (TPSA) is 75.4 Å². The maximum atomic E-state index is 11.3. The highest BCUT2D eigenvalue weighted by atomic mass is 16.2. The summed E-state index contributed by atoms with van der Waals surface area (Å²) in [7, 11) is 0. The number of nitrogens with two attached hydrogens (primary N) is 1. The molecule has 14 heavy (non-hydrogen) atoms. The van der Waals surface area contributed by atoms with Gasteiger partial charge in [-0.3, -0.25) is 9.59 Å². The van der Waals surface area contributed by atoms with Gasteiger partial charge in [-0.1, -0.05) is 0 Å². The molecule has 1 aliphatic heterocycles. The Morgan fingerprint density at radius 2 is 2.43 bits per heavy atom. The Labute approximate surface area is 83.6 Å². The van der Waals surface area contributed by atoms with E-state index in [-0.39, 0.29) is 17.9 Å². The number of nitrogens with one attached hydrogen (secondary N) is 1. The summed E-state index contributed by atoms with van der Waals surface area (Å²) >= 11 is 0. The molecule has 80 valence electrons. The van der Waals surface area contributed by atoms with Crippen LogP contribution in [-0.2, 0) is 9.59 Å². The molecule has 0 aromatic rings. The summed E-state index contributed by atoms with van der Waals surface area (Å²) in [4.78, 5) is 24.3. The molecule has 5 nitrogen and oxygen atoms in total. The smallest absolute Gasteiger partial charge is 0.236 e. The quantitative estimate of drug-likeness (QED) is 0.616. The summed E-state index contributed by atoms with van der Waals surface area (Å²) in [6, 6.07) is -0.582. The fourth-order valence-corrected chi connectivity index (χ4v) is 1.51. The Hall–Kier alpha value is -1.10. The van der Waals surface area contributed by atoms with Crippen molar-refractivity contribution in [3.8, 4) is 0 Å². The van der Waals surface area contributed by atoms with Crippen LogP contribution >= 0.6 is 0 Å². The third-order valence-electron chi connectivity index (χ3n) is 2.36. The Bertz CT molecular complexity index is 240. The maximum absolute atomic E-state index is 11.3. The van der Waals surface area contributed by atoms with Crippen molar-refractivity contribution in [3.63, 3.8) is 0 Å². The maximum Gasteiger partial charge on any atom is 0.236 e. The minimum absolute atomic E-state index is 0.0686. The van der Waals surface area contributed by atoms with Gasteiger partial charge in [0.2, 0.25) is 11.8 Å². The van der Waals surface area contributed by atoms with Crippen molar-refractivity contribution >= 4 is 11.8 Å². The van der Waals surface area contributed by atoms with Crippen molar-refractivity contribution in [2.45, 2.75) is 32.4 Å². The summed E-state index contributed by atoms with van der Waals surface area (Å²) in [5.41, 5.74) is 5.41. The van der Waals surface area contributed by atoms with Gasteiger partial charge in [-0.25, -0.2) is 0 Å². The van der Waals surface area contributed by atoms with Gasteiger partial charge >= 0.3 is 0 Å². The average molecular weight is 199 g/mol. The van der Waals surface area contributed by atoms with Crippen LogP contribution in [-0.4, -0.2) is 41.9 Å². The van der Waals surface area contributed by atoms with Gasteiger partial charge in [0.15, 0.2) is 0 Å². The van der Waals surface area contributed by atoms with E-state index in [1.54, 1.807) is 11.8 Å². The summed E-state index contributed by atoms with van der Waals surface area (Å²) in [6.07, 6.45) is 0.395. The Morgan fingerprint density at radius 3 is 2.86 bits per heavy atom. The number of hydrogen-bond donors (Lipinski definition) is 2. The lowest BCUT2D eigenvalue weighted by molar-refractivity contribution is -0.127. The molecule has 1 saturated heterocycles. The van der Waals surface area contributed by atoms with Gasteiger partial charge in [-0.15, -0.1) is 0 Å². The molecule has 1 aliphatic rings. The third kappa shape index (κ3) is 2.45. The van der Waals surface area contributed by atoms with E-state index in [0.717, 1.165) is 0 Å². The van der Waals surface area contributed by atoms with Gasteiger partial charge in [-0.2, -0.15) is 0 Å². The molecular weight excluding hydrogens is 182 g/mol. The van der Waals surface area contributed by atoms with Crippen molar-refractivity contribution in [1.29, 1.82) is 0 Å². The minimum atomic E-state index is -0.513. The van der Waals surface area contributed by atoms with Gasteiger partial charge in [0.1, 0.15) is 0 Å². The predicted octanol–water partition coefficient (Wildman–Crippen LogP) is -0.929. The summed E-state index contributed by atoms with van der Waals surface area (Å²) in [5.74, 6) is -0.0942. The number of amides is 2. The highest BCUT2D eigenvalue weighted by molar-refractivity contribution is 5.84. The van der Waals surface area contributed by atoms with E-state index in [9.17, 15) is 9.59 Å². The largest absolute Gasteiger partial charge is 0.350 e. The van der Waals surface area contributed by atoms with Gasteiger partial charge < -0.3 is 16.0 Å². The lowest BCUT2D eigenvalue weighted by atomic mass is 10.2. The SMILES string of the molecule is CCN1CC(NC(=O)C(C)N)CC1=O. The van der Waals surface area contributed by atoms with Crippen LogP contribution in [0.5, 0.6) is 0 Å². The van der Waals surface area contributed by atoms with Crippen molar-refractivity contribution in [1.82, 2.24) is 10.2 Å². The van der Waals surface area contributed by atoms with Crippen LogP contribution in [0, 0.1) is 0 Å². The number of hydrogen-bond acceptors (Lipinski definition) is 3. The van der Waals surface area contributed by atoms with E-state index in [0.29, 0.717) is 19.5 Å². The van der Waals surface area contributed by atoms with Crippen LogP contribution in [0.1, 0.15) is 20.3 Å². The van der Waals surface area contributed by atoms with Gasteiger partial charge in [0, 0.05) is 19.5 Å². The lowest BCUT2D eigenvalue weighted by Gasteiger charge is -2.15. The fraction of sp³-hybridized carbons (Fsp3) is 0.778. The van der Waals surface area contributed by atoms with E-state index >= 15 is 0 Å². The van der Waals surface area contributed by atoms with Crippen LogP contribution in [0.2, 0.25) is 0 Å². The predicted molar refractivity (Wildman–Crippen MR) is 52.5 cm³/mol. The molecule has 1 fully saturated rings. The highest BCUT2D eigenvalue weighted by Crippen LogP contribution is 2.10. The molecule has 1 rings (SSSR count). The Kier molecular flexibility index (Phi) is 3.46. The first-order valence-corrected chi connectivity index (χ1v) is 4.88. The fourth-order valence-electron chi connectivity index (χ4n) is 1.51. The van der Waals surface area contributed by atoms with Gasteiger partial charge in [0.25, 0.3) is 0 Å². The van der Waals surface area contributed by atoms with Gasteiger partial charge in [0.05, 0.1) is 12.1 Å². The second kappa shape index (κ2) is 4.41. The molecule has 2 unspecified atom stereocenters. The highest BCUT2D eigenvalue weighted by Gasteiger charge is 2.29. The van der Waals surface area contributed by atoms with Crippen LogP contribution in [0.25, 0.3) is 0 Å². The van der Waals surface area contributed by atoms with E-state index in [4.69, 9.17) is 5.73 Å². The van der Waals surface area contributed by atoms with E-state index in [2.05, 4.69) is 5.32 Å². The van der Waals surface area contributed by atoms with Crippen LogP contribution in [0.15, 0.2) is 0 Å². The van der Waals surface area contributed by atoms with Crippen LogP contribution in [0.3, 0.4) is 0 Å². The van der Waals surface area contributed by atoms with Crippen molar-refractivity contribution < 1.29 is 9.59 Å². The molecule has 2 atom stereocenters. The zero-order valence-corrected chi connectivity index (χ0v) is 8.62. The molecule has 0 aromatic heterocycles. The number of likely N-dealkylation sites (N-methyl/N-ethyl adjacent to an activating group) is 1. The third-order valence-corrected chi connectivity index (χ3v) is 2.36.